The summed E-state index contributed by atoms with van der Waals surface area (Å²) in [6.07, 6.45) is 0. The van der Waals surface area contributed by atoms with E-state index >= 15 is 0 Å². The summed E-state index contributed by atoms with van der Waals surface area (Å²) in [6.45, 7) is -1.12. The lowest BCUT2D eigenvalue weighted by Crippen LogP contribution is -2.03. The van der Waals surface area contributed by atoms with Crippen molar-refractivity contribution in [3.63, 3.8) is 0 Å². The molecule has 23 heavy (non-hydrogen) atoms. The monoisotopic (exact) mass is 321 g/mol. The minimum absolute atomic E-state index is 0.00845. The molecule has 0 saturated carbocycles. The van der Waals surface area contributed by atoms with Gasteiger partial charge in [0, 0.05) is 12.1 Å². The van der Waals surface area contributed by atoms with Gasteiger partial charge in [-0.2, -0.15) is 13.9 Å². The third-order valence-corrected chi connectivity index (χ3v) is 2.93. The minimum Gasteiger partial charge on any atom is -0.435 e. The number of nitro benzene ring substituents is 1. The van der Waals surface area contributed by atoms with Crippen molar-refractivity contribution in [3.8, 4) is 5.75 Å². The highest BCUT2D eigenvalue weighted by Gasteiger charge is 2.05. The van der Waals surface area contributed by atoms with Crippen LogP contribution in [0.15, 0.2) is 53.6 Å². The molecule has 2 aromatic carbocycles. The van der Waals surface area contributed by atoms with Crippen LogP contribution < -0.4 is 10.2 Å². The molecule has 0 atom stereocenters. The number of hydrogen-bond acceptors (Lipinski definition) is 5. The molecular formula is C15H13F2N3O3. The molecule has 1 N–H and O–H groups in total. The second-order valence-electron chi connectivity index (χ2n) is 4.52. The van der Waals surface area contributed by atoms with Gasteiger partial charge in [0.1, 0.15) is 5.75 Å². The van der Waals surface area contributed by atoms with E-state index in [0.29, 0.717) is 11.4 Å². The first-order valence-corrected chi connectivity index (χ1v) is 6.55. The smallest absolute Gasteiger partial charge is 0.387 e. The number of ether oxygens (including phenoxy) is 1. The lowest BCUT2D eigenvalue weighted by Gasteiger charge is -2.06. The van der Waals surface area contributed by atoms with Gasteiger partial charge in [0.05, 0.1) is 16.3 Å². The fraction of sp³-hybridized carbons (Fsp3) is 0.133. The number of nitrogens with zero attached hydrogens (tertiary/aromatic N) is 2. The Hall–Kier alpha value is -3.03. The second-order valence-corrected chi connectivity index (χ2v) is 4.52. The van der Waals surface area contributed by atoms with Crippen LogP contribution in [-0.4, -0.2) is 17.2 Å². The predicted molar refractivity (Wildman–Crippen MR) is 82.0 cm³/mol. The van der Waals surface area contributed by atoms with Crippen LogP contribution in [-0.2, 0) is 0 Å². The summed E-state index contributed by atoms with van der Waals surface area (Å²) in [6, 6.07) is 11.9. The number of nitro groups is 1. The number of non-ortho nitro benzene ring substituents is 1. The molecule has 0 aliphatic rings. The zero-order valence-electron chi connectivity index (χ0n) is 12.1. The summed E-state index contributed by atoms with van der Waals surface area (Å²) < 4.78 is 28.4. The summed E-state index contributed by atoms with van der Waals surface area (Å²) in [5.41, 5.74) is 4.69. The Labute approximate surface area is 130 Å². The van der Waals surface area contributed by atoms with Crippen molar-refractivity contribution in [3.05, 3.63) is 64.2 Å². The summed E-state index contributed by atoms with van der Waals surface area (Å²) in [5, 5.41) is 14.7. The van der Waals surface area contributed by atoms with E-state index in [0.717, 1.165) is 5.56 Å². The fourth-order valence-electron chi connectivity index (χ4n) is 1.75. The van der Waals surface area contributed by atoms with E-state index in [9.17, 15) is 18.9 Å². The van der Waals surface area contributed by atoms with Crippen molar-refractivity contribution in [2.24, 2.45) is 5.10 Å². The van der Waals surface area contributed by atoms with E-state index in [1.807, 2.05) is 0 Å². The van der Waals surface area contributed by atoms with E-state index in [1.54, 1.807) is 19.1 Å². The van der Waals surface area contributed by atoms with E-state index in [1.165, 1.54) is 36.4 Å². The number of anilines is 1. The highest BCUT2D eigenvalue weighted by atomic mass is 19.3. The average Bonchev–Trinajstić information content (AvgIpc) is 2.53. The minimum atomic E-state index is -2.86. The zero-order valence-corrected chi connectivity index (χ0v) is 12.1. The molecule has 6 nitrogen and oxygen atoms in total. The van der Waals surface area contributed by atoms with Crippen LogP contribution >= 0.6 is 0 Å². The molecule has 0 unspecified atom stereocenters. The molecule has 0 saturated heterocycles. The van der Waals surface area contributed by atoms with Gasteiger partial charge in [-0.05, 0) is 48.9 Å². The molecule has 8 heteroatoms. The van der Waals surface area contributed by atoms with Crippen LogP contribution in [0.25, 0.3) is 0 Å². The highest BCUT2D eigenvalue weighted by Crippen LogP contribution is 2.17. The third kappa shape index (κ3) is 4.73. The van der Waals surface area contributed by atoms with Crippen LogP contribution in [0.1, 0.15) is 12.5 Å². The van der Waals surface area contributed by atoms with Crippen molar-refractivity contribution in [1.82, 2.24) is 0 Å². The molecule has 0 aromatic heterocycles. The Morgan fingerprint density at radius 1 is 1.17 bits per heavy atom. The largest absolute Gasteiger partial charge is 0.435 e. The Bertz CT molecular complexity index is 701. The maximum atomic E-state index is 12.1. The highest BCUT2D eigenvalue weighted by molar-refractivity contribution is 5.99. The van der Waals surface area contributed by atoms with Gasteiger partial charge in [-0.1, -0.05) is 0 Å². The Balaban J connectivity index is 2.03. The van der Waals surface area contributed by atoms with Crippen molar-refractivity contribution in [1.29, 1.82) is 0 Å². The molecule has 0 aliphatic heterocycles. The van der Waals surface area contributed by atoms with Crippen molar-refractivity contribution < 1.29 is 18.4 Å². The van der Waals surface area contributed by atoms with E-state index in [4.69, 9.17) is 0 Å². The molecule has 0 heterocycles. The van der Waals surface area contributed by atoms with E-state index in [-0.39, 0.29) is 11.4 Å². The van der Waals surface area contributed by atoms with Crippen LogP contribution in [0.2, 0.25) is 0 Å². The maximum absolute atomic E-state index is 12.1. The first-order chi connectivity index (χ1) is 11.0. The molecule has 0 radical (unpaired) electrons. The number of nitrogens with one attached hydrogen (secondary N) is 1. The normalized spacial score (nSPS) is 11.4. The standard InChI is InChI=1S/C15H13F2N3O3/c1-10(11-2-8-14(9-3-11)23-15(16)17)18-19-12-4-6-13(7-5-12)20(21)22/h2-9,15,19H,1H3/b18-10+. The number of benzene rings is 2. The average molecular weight is 321 g/mol. The number of alkyl halides is 2. The lowest BCUT2D eigenvalue weighted by atomic mass is 10.1. The van der Waals surface area contributed by atoms with Crippen molar-refractivity contribution in [2.75, 3.05) is 5.43 Å². The van der Waals surface area contributed by atoms with Gasteiger partial charge < -0.3 is 4.74 Å². The summed E-state index contributed by atoms with van der Waals surface area (Å²) in [7, 11) is 0. The number of halogens is 2. The first-order valence-electron chi connectivity index (χ1n) is 6.55. The predicted octanol–water partition coefficient (Wildman–Crippen LogP) is 4.03. The Morgan fingerprint density at radius 3 is 2.30 bits per heavy atom. The molecule has 2 aromatic rings. The summed E-state index contributed by atoms with van der Waals surface area (Å²) >= 11 is 0. The van der Waals surface area contributed by atoms with Crippen molar-refractivity contribution in [2.45, 2.75) is 13.5 Å². The number of hydrogen-bond donors (Lipinski definition) is 1. The maximum Gasteiger partial charge on any atom is 0.387 e. The van der Waals surface area contributed by atoms with Gasteiger partial charge in [-0.3, -0.25) is 15.5 Å². The molecule has 120 valence electrons. The molecule has 0 aliphatic carbocycles. The van der Waals surface area contributed by atoms with E-state index in [2.05, 4.69) is 15.3 Å². The SMILES string of the molecule is C/C(=N\Nc1ccc([N+](=O)[O-])cc1)c1ccc(OC(F)F)cc1. The van der Waals surface area contributed by atoms with E-state index < -0.39 is 11.5 Å². The molecular weight excluding hydrogens is 308 g/mol. The Kier molecular flexibility index (Phi) is 5.19. The van der Waals surface area contributed by atoms with Gasteiger partial charge in [0.15, 0.2) is 0 Å². The quantitative estimate of drug-likeness (QED) is 0.495. The summed E-state index contributed by atoms with van der Waals surface area (Å²) in [4.78, 5) is 10.1. The summed E-state index contributed by atoms with van der Waals surface area (Å²) in [5.74, 6) is 0.0693. The van der Waals surface area contributed by atoms with Crippen molar-refractivity contribution >= 4 is 17.1 Å². The fourth-order valence-corrected chi connectivity index (χ4v) is 1.75. The topological polar surface area (TPSA) is 76.8 Å². The molecule has 0 amide bonds. The van der Waals surface area contributed by atoms with Crippen LogP contribution in [0.5, 0.6) is 5.75 Å². The zero-order chi connectivity index (χ0) is 16.8. The van der Waals surface area contributed by atoms with Crippen LogP contribution in [0.3, 0.4) is 0 Å². The third-order valence-electron chi connectivity index (χ3n) is 2.93. The van der Waals surface area contributed by atoms with Gasteiger partial charge in [-0.25, -0.2) is 0 Å². The molecule has 0 spiro atoms. The molecule has 0 bridgehead atoms. The van der Waals surface area contributed by atoms with Gasteiger partial charge in [-0.15, -0.1) is 0 Å². The second kappa shape index (κ2) is 7.30. The molecule has 2 rings (SSSR count). The van der Waals surface area contributed by atoms with Gasteiger partial charge in [0.2, 0.25) is 0 Å². The number of hydrazone groups is 1. The van der Waals surface area contributed by atoms with Crippen LogP contribution in [0, 0.1) is 10.1 Å². The Morgan fingerprint density at radius 2 is 1.78 bits per heavy atom. The van der Waals surface area contributed by atoms with Gasteiger partial charge >= 0.3 is 6.61 Å². The lowest BCUT2D eigenvalue weighted by molar-refractivity contribution is -0.384. The van der Waals surface area contributed by atoms with Gasteiger partial charge in [0.25, 0.3) is 5.69 Å². The molecule has 0 fully saturated rings. The van der Waals surface area contributed by atoms with Crippen LogP contribution in [0.4, 0.5) is 20.2 Å². The number of rotatable bonds is 6. The first kappa shape index (κ1) is 16.3.